The Balaban J connectivity index is 1.39. The molecule has 0 spiro atoms. The highest BCUT2D eigenvalue weighted by Crippen LogP contribution is 2.21. The molecule has 0 radical (unpaired) electrons. The van der Waals surface area contributed by atoms with Crippen molar-refractivity contribution in [2.75, 3.05) is 44.3 Å². The highest BCUT2D eigenvalue weighted by molar-refractivity contribution is 7.09. The van der Waals surface area contributed by atoms with E-state index in [9.17, 15) is 14.4 Å². The standard InChI is InChI=1S/C22H25N3O4S/c1-16(26)17-4-6-18(7-5-17)23-8-10-24(11-9-23)22(28)20-14-29-15-21(27)25(20)13-19-3-2-12-30-19/h2-7,12,20H,8-11,13-15H2,1H3/t20-/m0/s1. The second-order valence-electron chi connectivity index (χ2n) is 7.55. The number of hydrogen-bond acceptors (Lipinski definition) is 6. The zero-order chi connectivity index (χ0) is 21.1. The zero-order valence-corrected chi connectivity index (χ0v) is 17.8. The molecule has 7 nitrogen and oxygen atoms in total. The first kappa shape index (κ1) is 20.6. The van der Waals surface area contributed by atoms with Crippen molar-refractivity contribution in [1.82, 2.24) is 9.80 Å². The number of nitrogens with zero attached hydrogens (tertiary/aromatic N) is 3. The van der Waals surface area contributed by atoms with Crippen LogP contribution in [0, 0.1) is 0 Å². The Morgan fingerprint density at radius 1 is 1.10 bits per heavy atom. The van der Waals surface area contributed by atoms with E-state index in [0.717, 1.165) is 10.6 Å². The smallest absolute Gasteiger partial charge is 0.249 e. The number of ketones is 1. The zero-order valence-electron chi connectivity index (χ0n) is 17.0. The number of amides is 2. The highest BCUT2D eigenvalue weighted by atomic mass is 32.1. The van der Waals surface area contributed by atoms with Crippen LogP contribution in [-0.4, -0.2) is 72.8 Å². The van der Waals surface area contributed by atoms with Crippen LogP contribution in [0.1, 0.15) is 22.2 Å². The predicted molar refractivity (Wildman–Crippen MR) is 115 cm³/mol. The van der Waals surface area contributed by atoms with Gasteiger partial charge in [0.2, 0.25) is 11.8 Å². The maximum absolute atomic E-state index is 13.2. The minimum atomic E-state index is -0.574. The Morgan fingerprint density at radius 3 is 2.47 bits per heavy atom. The molecule has 158 valence electrons. The molecule has 1 aromatic heterocycles. The summed E-state index contributed by atoms with van der Waals surface area (Å²) >= 11 is 1.58. The summed E-state index contributed by atoms with van der Waals surface area (Å²) in [5.74, 6) is -0.142. The summed E-state index contributed by atoms with van der Waals surface area (Å²) in [5.41, 5.74) is 1.74. The molecule has 2 amide bonds. The molecular formula is C22H25N3O4S. The lowest BCUT2D eigenvalue weighted by atomic mass is 10.1. The lowest BCUT2D eigenvalue weighted by molar-refractivity contribution is -0.160. The summed E-state index contributed by atoms with van der Waals surface area (Å²) in [5, 5.41) is 1.97. The molecule has 0 aliphatic carbocycles. The lowest BCUT2D eigenvalue weighted by Gasteiger charge is -2.41. The first-order valence-electron chi connectivity index (χ1n) is 10.1. The van der Waals surface area contributed by atoms with Gasteiger partial charge in [0.25, 0.3) is 0 Å². The highest BCUT2D eigenvalue weighted by Gasteiger charge is 2.37. The van der Waals surface area contributed by atoms with Crippen molar-refractivity contribution >= 4 is 34.6 Å². The minimum Gasteiger partial charge on any atom is -0.369 e. The average molecular weight is 428 g/mol. The van der Waals surface area contributed by atoms with Gasteiger partial charge in [0.1, 0.15) is 12.6 Å². The van der Waals surface area contributed by atoms with Gasteiger partial charge in [0.05, 0.1) is 13.2 Å². The largest absolute Gasteiger partial charge is 0.369 e. The lowest BCUT2D eigenvalue weighted by Crippen LogP contribution is -2.59. The third kappa shape index (κ3) is 4.39. The van der Waals surface area contributed by atoms with E-state index in [0.29, 0.717) is 38.3 Å². The van der Waals surface area contributed by atoms with Crippen molar-refractivity contribution in [3.05, 3.63) is 52.2 Å². The van der Waals surface area contributed by atoms with Gasteiger partial charge in [0, 0.05) is 42.3 Å². The van der Waals surface area contributed by atoms with E-state index in [1.54, 1.807) is 23.2 Å². The summed E-state index contributed by atoms with van der Waals surface area (Å²) in [4.78, 5) is 43.8. The third-order valence-electron chi connectivity index (χ3n) is 5.62. The van der Waals surface area contributed by atoms with E-state index in [2.05, 4.69) is 4.90 Å². The molecule has 2 fully saturated rings. The van der Waals surface area contributed by atoms with E-state index in [-0.39, 0.29) is 30.8 Å². The molecule has 2 aliphatic rings. The topological polar surface area (TPSA) is 70.2 Å². The van der Waals surface area contributed by atoms with Crippen molar-refractivity contribution in [3.8, 4) is 0 Å². The number of carbonyl (C=O) groups excluding carboxylic acids is 3. The van der Waals surface area contributed by atoms with E-state index >= 15 is 0 Å². The fourth-order valence-electron chi connectivity index (χ4n) is 3.88. The molecule has 0 N–H and O–H groups in total. The van der Waals surface area contributed by atoms with Crippen LogP contribution in [0.3, 0.4) is 0 Å². The minimum absolute atomic E-state index is 0.0270. The molecule has 3 heterocycles. The molecule has 30 heavy (non-hydrogen) atoms. The fourth-order valence-corrected chi connectivity index (χ4v) is 4.58. The van der Waals surface area contributed by atoms with Crippen molar-refractivity contribution in [1.29, 1.82) is 0 Å². The van der Waals surface area contributed by atoms with Crippen molar-refractivity contribution in [2.45, 2.75) is 19.5 Å². The summed E-state index contributed by atoms with van der Waals surface area (Å²) in [6.45, 7) is 4.85. The Hall–Kier alpha value is -2.71. The number of morpholine rings is 1. The number of thiophene rings is 1. The van der Waals surface area contributed by atoms with E-state index < -0.39 is 6.04 Å². The third-order valence-corrected chi connectivity index (χ3v) is 6.48. The van der Waals surface area contributed by atoms with Gasteiger partial charge >= 0.3 is 0 Å². The summed E-state index contributed by atoms with van der Waals surface area (Å²) in [6, 6.07) is 10.9. The molecule has 1 aromatic carbocycles. The van der Waals surface area contributed by atoms with Crippen LogP contribution in [0.5, 0.6) is 0 Å². The molecule has 2 aromatic rings. The SMILES string of the molecule is CC(=O)c1ccc(N2CCN(C(=O)[C@@H]3COCC(=O)N3Cc3cccs3)CC2)cc1. The monoisotopic (exact) mass is 427 g/mol. The normalized spacial score (nSPS) is 19.8. The molecule has 0 unspecified atom stereocenters. The van der Waals surface area contributed by atoms with Gasteiger partial charge in [-0.1, -0.05) is 6.07 Å². The number of carbonyl (C=O) groups is 3. The Bertz CT molecular complexity index is 905. The average Bonchev–Trinajstić information content (AvgIpc) is 3.28. The molecule has 2 saturated heterocycles. The van der Waals surface area contributed by atoms with Crippen LogP contribution in [0.4, 0.5) is 5.69 Å². The number of piperazine rings is 1. The predicted octanol–water partition coefficient (Wildman–Crippen LogP) is 2.03. The summed E-state index contributed by atoms with van der Waals surface area (Å²) < 4.78 is 5.40. The maximum Gasteiger partial charge on any atom is 0.249 e. The van der Waals surface area contributed by atoms with Crippen LogP contribution in [0.15, 0.2) is 41.8 Å². The van der Waals surface area contributed by atoms with Gasteiger partial charge in [-0.3, -0.25) is 14.4 Å². The number of hydrogen-bond donors (Lipinski definition) is 0. The number of rotatable bonds is 5. The Kier molecular flexibility index (Phi) is 6.15. The van der Waals surface area contributed by atoms with Gasteiger partial charge < -0.3 is 19.4 Å². The van der Waals surface area contributed by atoms with Crippen LogP contribution in [0.25, 0.3) is 0 Å². The van der Waals surface area contributed by atoms with E-state index in [4.69, 9.17) is 4.74 Å². The van der Waals surface area contributed by atoms with Crippen molar-refractivity contribution < 1.29 is 19.1 Å². The molecule has 8 heteroatoms. The maximum atomic E-state index is 13.2. The van der Waals surface area contributed by atoms with Gasteiger partial charge in [-0.15, -0.1) is 11.3 Å². The molecule has 0 bridgehead atoms. The van der Waals surface area contributed by atoms with E-state index in [1.807, 2.05) is 46.7 Å². The molecule has 0 saturated carbocycles. The van der Waals surface area contributed by atoms with Crippen molar-refractivity contribution in [3.63, 3.8) is 0 Å². The summed E-state index contributed by atoms with van der Waals surface area (Å²) in [7, 11) is 0. The van der Waals surface area contributed by atoms with Crippen LogP contribution in [-0.2, 0) is 20.9 Å². The number of Topliss-reactive ketones (excluding diaryl/α,β-unsaturated/α-hetero) is 1. The van der Waals surface area contributed by atoms with Gasteiger partial charge in [-0.25, -0.2) is 0 Å². The fraction of sp³-hybridized carbons (Fsp3) is 0.409. The van der Waals surface area contributed by atoms with Gasteiger partial charge in [-0.05, 0) is 42.6 Å². The van der Waals surface area contributed by atoms with Crippen LogP contribution < -0.4 is 4.90 Å². The van der Waals surface area contributed by atoms with Crippen LogP contribution in [0.2, 0.25) is 0 Å². The number of anilines is 1. The first-order chi connectivity index (χ1) is 14.5. The molecule has 1 atom stereocenters. The molecular weight excluding hydrogens is 402 g/mol. The Labute approximate surface area is 179 Å². The quantitative estimate of drug-likeness (QED) is 0.683. The first-order valence-corrected chi connectivity index (χ1v) is 11.0. The second-order valence-corrected chi connectivity index (χ2v) is 8.58. The second kappa shape index (κ2) is 8.97. The van der Waals surface area contributed by atoms with E-state index in [1.165, 1.54) is 0 Å². The summed E-state index contributed by atoms with van der Waals surface area (Å²) in [6.07, 6.45) is 0. The number of ether oxygens (including phenoxy) is 1. The van der Waals surface area contributed by atoms with Gasteiger partial charge in [-0.2, -0.15) is 0 Å². The van der Waals surface area contributed by atoms with Crippen LogP contribution >= 0.6 is 11.3 Å². The van der Waals surface area contributed by atoms with Crippen molar-refractivity contribution in [2.24, 2.45) is 0 Å². The molecule has 4 rings (SSSR count). The van der Waals surface area contributed by atoms with Gasteiger partial charge in [0.15, 0.2) is 5.78 Å². The molecule has 2 aliphatic heterocycles. The number of benzene rings is 1. The Morgan fingerprint density at radius 2 is 1.83 bits per heavy atom.